The summed E-state index contributed by atoms with van der Waals surface area (Å²) in [6.45, 7) is 5.77. The number of benzene rings is 3. The molecule has 3 aromatic carbocycles. The number of nitrogens with zero attached hydrogens (tertiary/aromatic N) is 1. The standard InChI is InChI=1S/C25H27ClN2O4S/c1-4-32-22-13-9-20(10-14-22)19(3)27-25(29)17-28(24-8-6-5-7-18(24)2)33(30,31)23-15-11-21(26)12-16-23/h5-16,19H,4,17H2,1-3H3,(H,27,29)/t19-/m0/s1. The van der Waals surface area contributed by atoms with Gasteiger partial charge in [-0.15, -0.1) is 0 Å². The Balaban J connectivity index is 1.85. The van der Waals surface area contributed by atoms with Gasteiger partial charge in [-0.05, 0) is 74.4 Å². The number of carbonyl (C=O) groups is 1. The number of halogens is 1. The number of para-hydroxylation sites is 1. The summed E-state index contributed by atoms with van der Waals surface area (Å²) in [4.78, 5) is 13.0. The molecule has 0 spiro atoms. The lowest BCUT2D eigenvalue weighted by molar-refractivity contribution is -0.120. The molecular weight excluding hydrogens is 460 g/mol. The summed E-state index contributed by atoms with van der Waals surface area (Å²) in [5.74, 6) is 0.330. The van der Waals surface area contributed by atoms with E-state index >= 15 is 0 Å². The number of hydrogen-bond acceptors (Lipinski definition) is 4. The van der Waals surface area contributed by atoms with E-state index in [1.807, 2.05) is 44.2 Å². The maximum Gasteiger partial charge on any atom is 0.264 e. The van der Waals surface area contributed by atoms with Crippen molar-refractivity contribution >= 4 is 33.2 Å². The summed E-state index contributed by atoms with van der Waals surface area (Å²) < 4.78 is 33.5. The summed E-state index contributed by atoms with van der Waals surface area (Å²) in [5.41, 5.74) is 2.06. The van der Waals surface area contributed by atoms with Crippen molar-refractivity contribution in [2.24, 2.45) is 0 Å². The van der Waals surface area contributed by atoms with Gasteiger partial charge in [-0.3, -0.25) is 9.10 Å². The monoisotopic (exact) mass is 486 g/mol. The molecule has 8 heteroatoms. The molecule has 0 radical (unpaired) electrons. The van der Waals surface area contributed by atoms with E-state index in [1.54, 1.807) is 25.1 Å². The minimum Gasteiger partial charge on any atom is -0.494 e. The van der Waals surface area contributed by atoms with E-state index in [1.165, 1.54) is 24.3 Å². The molecule has 0 saturated carbocycles. The van der Waals surface area contributed by atoms with Crippen molar-refractivity contribution in [1.29, 1.82) is 0 Å². The Labute approximate surface area is 200 Å². The topological polar surface area (TPSA) is 75.7 Å². The van der Waals surface area contributed by atoms with Gasteiger partial charge in [0, 0.05) is 5.02 Å². The van der Waals surface area contributed by atoms with E-state index in [0.717, 1.165) is 21.2 Å². The predicted octanol–water partition coefficient (Wildman–Crippen LogP) is 5.12. The SMILES string of the molecule is CCOc1ccc([C@H](C)NC(=O)CN(c2ccccc2C)S(=O)(=O)c2ccc(Cl)cc2)cc1. The van der Waals surface area contributed by atoms with Crippen LogP contribution in [0.3, 0.4) is 0 Å². The van der Waals surface area contributed by atoms with Crippen LogP contribution in [0.5, 0.6) is 5.75 Å². The number of nitrogens with one attached hydrogen (secondary N) is 1. The van der Waals surface area contributed by atoms with Crippen LogP contribution in [0.2, 0.25) is 5.02 Å². The van der Waals surface area contributed by atoms with Gasteiger partial charge >= 0.3 is 0 Å². The average Bonchev–Trinajstić information content (AvgIpc) is 2.79. The highest BCUT2D eigenvalue weighted by molar-refractivity contribution is 7.92. The first-order valence-electron chi connectivity index (χ1n) is 10.6. The quantitative estimate of drug-likeness (QED) is 0.455. The number of carbonyl (C=O) groups excluding carboxylic acids is 1. The second-order valence-electron chi connectivity index (χ2n) is 7.54. The third-order valence-corrected chi connectivity index (χ3v) is 7.17. The van der Waals surface area contributed by atoms with Gasteiger partial charge in [0.15, 0.2) is 0 Å². The first-order chi connectivity index (χ1) is 15.7. The largest absolute Gasteiger partial charge is 0.494 e. The third kappa shape index (κ3) is 6.06. The first kappa shape index (κ1) is 24.6. The van der Waals surface area contributed by atoms with Crippen molar-refractivity contribution in [2.45, 2.75) is 31.7 Å². The van der Waals surface area contributed by atoms with Gasteiger partial charge in [-0.25, -0.2) is 8.42 Å². The Bertz CT molecular complexity index is 1200. The van der Waals surface area contributed by atoms with E-state index in [-0.39, 0.29) is 17.5 Å². The minimum atomic E-state index is -4.00. The molecular formula is C25H27ClN2O4S. The summed E-state index contributed by atoms with van der Waals surface area (Å²) in [6, 6.07) is 20.1. The van der Waals surface area contributed by atoms with Crippen LogP contribution in [0, 0.1) is 6.92 Å². The number of anilines is 1. The number of sulfonamides is 1. The molecule has 0 heterocycles. The molecule has 0 unspecified atom stereocenters. The Morgan fingerprint density at radius 1 is 1.03 bits per heavy atom. The van der Waals surface area contributed by atoms with Crippen molar-refractivity contribution in [3.63, 3.8) is 0 Å². The van der Waals surface area contributed by atoms with Gasteiger partial charge < -0.3 is 10.1 Å². The molecule has 0 aromatic heterocycles. The van der Waals surface area contributed by atoms with Crippen molar-refractivity contribution in [1.82, 2.24) is 5.32 Å². The summed E-state index contributed by atoms with van der Waals surface area (Å²) in [6.07, 6.45) is 0. The summed E-state index contributed by atoms with van der Waals surface area (Å²) in [7, 11) is -4.00. The number of rotatable bonds is 9. The van der Waals surface area contributed by atoms with E-state index in [9.17, 15) is 13.2 Å². The fraction of sp³-hybridized carbons (Fsp3) is 0.240. The van der Waals surface area contributed by atoms with Crippen LogP contribution in [0.4, 0.5) is 5.69 Å². The second-order valence-corrected chi connectivity index (χ2v) is 9.84. The summed E-state index contributed by atoms with van der Waals surface area (Å²) in [5, 5.41) is 3.32. The highest BCUT2D eigenvalue weighted by Gasteiger charge is 2.28. The van der Waals surface area contributed by atoms with Gasteiger partial charge in [0.1, 0.15) is 12.3 Å². The van der Waals surface area contributed by atoms with Crippen molar-refractivity contribution in [3.05, 3.63) is 88.9 Å². The number of amides is 1. The molecule has 6 nitrogen and oxygen atoms in total. The zero-order valence-corrected chi connectivity index (χ0v) is 20.4. The highest BCUT2D eigenvalue weighted by Crippen LogP contribution is 2.27. The van der Waals surface area contributed by atoms with E-state index in [2.05, 4.69) is 5.32 Å². The number of hydrogen-bond donors (Lipinski definition) is 1. The summed E-state index contributed by atoms with van der Waals surface area (Å²) >= 11 is 5.93. The maximum atomic E-state index is 13.5. The van der Waals surface area contributed by atoms with Crippen LogP contribution in [0.1, 0.15) is 31.0 Å². The van der Waals surface area contributed by atoms with Crippen molar-refractivity contribution in [2.75, 3.05) is 17.5 Å². The lowest BCUT2D eigenvalue weighted by Crippen LogP contribution is -2.41. The van der Waals surface area contributed by atoms with Crippen LogP contribution in [0.25, 0.3) is 0 Å². The molecule has 0 bridgehead atoms. The molecule has 0 saturated heterocycles. The number of ether oxygens (including phenoxy) is 1. The van der Waals surface area contributed by atoms with Crippen LogP contribution >= 0.6 is 11.6 Å². The lowest BCUT2D eigenvalue weighted by atomic mass is 10.1. The normalized spacial score (nSPS) is 12.1. The molecule has 3 aromatic rings. The van der Waals surface area contributed by atoms with Crippen molar-refractivity contribution < 1.29 is 17.9 Å². The van der Waals surface area contributed by atoms with E-state index < -0.39 is 15.9 Å². The Hall–Kier alpha value is -3.03. The average molecular weight is 487 g/mol. The zero-order valence-electron chi connectivity index (χ0n) is 18.8. The van der Waals surface area contributed by atoms with Crippen LogP contribution in [-0.2, 0) is 14.8 Å². The zero-order chi connectivity index (χ0) is 24.0. The fourth-order valence-electron chi connectivity index (χ4n) is 3.40. The fourth-order valence-corrected chi connectivity index (χ4v) is 5.01. The van der Waals surface area contributed by atoms with Gasteiger partial charge in [-0.1, -0.05) is 41.9 Å². The molecule has 3 rings (SSSR count). The van der Waals surface area contributed by atoms with Gasteiger partial charge in [-0.2, -0.15) is 0 Å². The minimum absolute atomic E-state index is 0.0579. The second kappa shape index (κ2) is 10.7. The molecule has 174 valence electrons. The van der Waals surface area contributed by atoms with Crippen LogP contribution in [-0.4, -0.2) is 27.5 Å². The highest BCUT2D eigenvalue weighted by atomic mass is 35.5. The Kier molecular flexibility index (Phi) is 8.00. The molecule has 1 N–H and O–H groups in total. The molecule has 1 atom stereocenters. The van der Waals surface area contributed by atoms with Gasteiger partial charge in [0.2, 0.25) is 5.91 Å². The van der Waals surface area contributed by atoms with Crippen LogP contribution in [0.15, 0.2) is 77.7 Å². The van der Waals surface area contributed by atoms with Gasteiger partial charge in [0.25, 0.3) is 10.0 Å². The molecule has 1 amide bonds. The first-order valence-corrected chi connectivity index (χ1v) is 12.4. The molecule has 0 aliphatic heterocycles. The van der Waals surface area contributed by atoms with Crippen molar-refractivity contribution in [3.8, 4) is 5.75 Å². The predicted molar refractivity (Wildman–Crippen MR) is 131 cm³/mol. The van der Waals surface area contributed by atoms with Crippen LogP contribution < -0.4 is 14.4 Å². The van der Waals surface area contributed by atoms with Gasteiger partial charge in [0.05, 0.1) is 23.2 Å². The molecule has 0 aliphatic carbocycles. The smallest absolute Gasteiger partial charge is 0.264 e. The molecule has 0 aliphatic rings. The maximum absolute atomic E-state index is 13.5. The van der Waals surface area contributed by atoms with E-state index in [0.29, 0.717) is 17.3 Å². The third-order valence-electron chi connectivity index (χ3n) is 5.14. The Morgan fingerprint density at radius 2 is 1.67 bits per heavy atom. The molecule has 33 heavy (non-hydrogen) atoms. The molecule has 0 fully saturated rings. The van der Waals surface area contributed by atoms with E-state index in [4.69, 9.17) is 16.3 Å². The number of aryl methyl sites for hydroxylation is 1. The Morgan fingerprint density at radius 3 is 2.27 bits per heavy atom. The lowest BCUT2D eigenvalue weighted by Gasteiger charge is -2.26.